The number of halogens is 1. The number of hydrogen-bond acceptors (Lipinski definition) is 3. The van der Waals surface area contributed by atoms with Crippen LogP contribution < -0.4 is 10.6 Å². The Morgan fingerprint density at radius 3 is 2.31 bits per heavy atom. The van der Waals surface area contributed by atoms with E-state index in [1.54, 1.807) is 31.2 Å². The molecule has 2 aromatic carbocycles. The molecule has 0 heterocycles. The first-order valence-corrected chi connectivity index (χ1v) is 8.78. The molecule has 5 nitrogen and oxygen atoms in total. The highest BCUT2D eigenvalue weighted by Crippen LogP contribution is 2.27. The number of carbonyl (C=O) groups is 2. The van der Waals surface area contributed by atoms with Crippen molar-refractivity contribution in [3.8, 4) is 0 Å². The number of rotatable bonds is 6. The van der Waals surface area contributed by atoms with Crippen LogP contribution in [0.3, 0.4) is 0 Å². The zero-order valence-electron chi connectivity index (χ0n) is 15.1. The Morgan fingerprint density at radius 1 is 1.12 bits per heavy atom. The number of benzene rings is 2. The molecule has 0 aliphatic heterocycles. The van der Waals surface area contributed by atoms with Gasteiger partial charge in [0.25, 0.3) is 5.91 Å². The van der Waals surface area contributed by atoms with Gasteiger partial charge in [-0.2, -0.15) is 0 Å². The molecule has 2 rings (SSSR count). The van der Waals surface area contributed by atoms with E-state index in [1.165, 1.54) is 0 Å². The highest BCUT2D eigenvalue weighted by molar-refractivity contribution is 6.30. The summed E-state index contributed by atoms with van der Waals surface area (Å²) in [6, 6.07) is 12.2. The van der Waals surface area contributed by atoms with Crippen molar-refractivity contribution in [2.45, 2.75) is 32.8 Å². The van der Waals surface area contributed by atoms with Crippen LogP contribution in [0.5, 0.6) is 0 Å². The minimum absolute atomic E-state index is 0.150. The van der Waals surface area contributed by atoms with Crippen LogP contribution in [0.1, 0.15) is 30.0 Å². The second-order valence-electron chi connectivity index (χ2n) is 6.22. The summed E-state index contributed by atoms with van der Waals surface area (Å²) in [7, 11) is 0. The smallest absolute Gasteiger partial charge is 0.257 e. The average Bonchev–Trinajstić information content (AvgIpc) is 2.62. The summed E-state index contributed by atoms with van der Waals surface area (Å²) in [6.45, 7) is 5.25. The third kappa shape index (κ3) is 4.42. The lowest BCUT2D eigenvalue weighted by atomic mass is 9.90. The van der Waals surface area contributed by atoms with Crippen LogP contribution in [0.15, 0.2) is 42.5 Å². The summed E-state index contributed by atoms with van der Waals surface area (Å²) >= 11 is 5.95. The van der Waals surface area contributed by atoms with E-state index in [-0.39, 0.29) is 18.9 Å². The van der Waals surface area contributed by atoms with Gasteiger partial charge in [0.05, 0.1) is 6.54 Å². The maximum absolute atomic E-state index is 12.5. The monoisotopic (exact) mass is 374 g/mol. The standard InChI is InChI=1S/C20H23ClN2O3/c1-4-20(26,15-9-6-10-16(21)11-15)19(25)22-12-17(24)23-18-13(2)7-5-8-14(18)3/h5-11,26H,4,12H2,1-3H3,(H,22,25)(H,23,24)/t20-/m0/s1. The molecular weight excluding hydrogens is 352 g/mol. The summed E-state index contributed by atoms with van der Waals surface area (Å²) in [5.41, 5.74) is 1.25. The number of nitrogens with one attached hydrogen (secondary N) is 2. The summed E-state index contributed by atoms with van der Waals surface area (Å²) in [5, 5.41) is 16.5. The van der Waals surface area contributed by atoms with Crippen LogP contribution in [-0.4, -0.2) is 23.5 Å². The molecule has 2 aromatic rings. The highest BCUT2D eigenvalue weighted by Gasteiger charge is 2.36. The zero-order chi connectivity index (χ0) is 19.3. The molecule has 0 saturated heterocycles. The molecule has 0 saturated carbocycles. The molecule has 6 heteroatoms. The van der Waals surface area contributed by atoms with Crippen molar-refractivity contribution in [1.82, 2.24) is 5.32 Å². The number of carbonyl (C=O) groups excluding carboxylic acids is 2. The second kappa shape index (κ2) is 8.34. The van der Waals surface area contributed by atoms with Gasteiger partial charge in [-0.3, -0.25) is 9.59 Å². The minimum atomic E-state index is -1.75. The molecule has 0 radical (unpaired) electrons. The van der Waals surface area contributed by atoms with Crippen LogP contribution in [0, 0.1) is 13.8 Å². The number of aliphatic hydroxyl groups is 1. The zero-order valence-corrected chi connectivity index (χ0v) is 15.9. The van der Waals surface area contributed by atoms with E-state index >= 15 is 0 Å². The van der Waals surface area contributed by atoms with E-state index in [2.05, 4.69) is 10.6 Å². The number of aryl methyl sites for hydroxylation is 2. The van der Waals surface area contributed by atoms with Gasteiger partial charge in [-0.15, -0.1) is 0 Å². The fourth-order valence-corrected chi connectivity index (χ4v) is 2.93. The normalized spacial score (nSPS) is 13.0. The van der Waals surface area contributed by atoms with Crippen LogP contribution in [-0.2, 0) is 15.2 Å². The van der Waals surface area contributed by atoms with Crippen molar-refractivity contribution in [1.29, 1.82) is 0 Å². The fourth-order valence-electron chi connectivity index (χ4n) is 2.74. The molecule has 3 N–H and O–H groups in total. The molecule has 26 heavy (non-hydrogen) atoms. The lowest BCUT2D eigenvalue weighted by molar-refractivity contribution is -0.142. The summed E-state index contributed by atoms with van der Waals surface area (Å²) < 4.78 is 0. The first kappa shape index (κ1) is 19.9. The van der Waals surface area contributed by atoms with Crippen LogP contribution in [0.4, 0.5) is 5.69 Å². The fraction of sp³-hybridized carbons (Fsp3) is 0.300. The van der Waals surface area contributed by atoms with Gasteiger partial charge in [-0.05, 0) is 49.1 Å². The van der Waals surface area contributed by atoms with Gasteiger partial charge >= 0.3 is 0 Å². The Kier molecular flexibility index (Phi) is 6.40. The molecule has 2 amide bonds. The molecule has 0 bridgehead atoms. The molecule has 138 valence electrons. The van der Waals surface area contributed by atoms with Gasteiger partial charge in [0.1, 0.15) is 0 Å². The topological polar surface area (TPSA) is 78.4 Å². The van der Waals surface area contributed by atoms with E-state index in [0.717, 1.165) is 16.8 Å². The summed E-state index contributed by atoms with van der Waals surface area (Å²) in [5.74, 6) is -1.00. The lowest BCUT2D eigenvalue weighted by Crippen LogP contribution is -2.46. The largest absolute Gasteiger partial charge is 0.375 e. The van der Waals surface area contributed by atoms with E-state index in [0.29, 0.717) is 10.6 Å². The van der Waals surface area contributed by atoms with E-state index in [4.69, 9.17) is 11.6 Å². The van der Waals surface area contributed by atoms with Gasteiger partial charge < -0.3 is 15.7 Å². The maximum atomic E-state index is 12.5. The van der Waals surface area contributed by atoms with Crippen LogP contribution >= 0.6 is 11.6 Å². The van der Waals surface area contributed by atoms with Gasteiger partial charge in [-0.25, -0.2) is 0 Å². The summed E-state index contributed by atoms with van der Waals surface area (Å²) in [4.78, 5) is 24.7. The molecule has 0 unspecified atom stereocenters. The van der Waals surface area contributed by atoms with Gasteiger partial charge in [0.15, 0.2) is 5.60 Å². The Balaban J connectivity index is 2.05. The quantitative estimate of drug-likeness (QED) is 0.725. The molecule has 0 aromatic heterocycles. The average molecular weight is 375 g/mol. The van der Waals surface area contributed by atoms with Crippen molar-refractivity contribution in [2.24, 2.45) is 0 Å². The molecule has 1 atom stereocenters. The number of anilines is 1. The van der Waals surface area contributed by atoms with Crippen LogP contribution in [0.25, 0.3) is 0 Å². The molecule has 0 aliphatic carbocycles. The number of hydrogen-bond donors (Lipinski definition) is 3. The van der Waals surface area contributed by atoms with E-state index in [1.807, 2.05) is 32.0 Å². The molecule has 0 aliphatic rings. The van der Waals surface area contributed by atoms with Crippen molar-refractivity contribution >= 4 is 29.1 Å². The Bertz CT molecular complexity index is 802. The van der Waals surface area contributed by atoms with Gasteiger partial charge in [0, 0.05) is 10.7 Å². The molecular formula is C20H23ClN2O3. The number of para-hydroxylation sites is 1. The Morgan fingerprint density at radius 2 is 1.73 bits per heavy atom. The second-order valence-corrected chi connectivity index (χ2v) is 6.66. The van der Waals surface area contributed by atoms with Crippen molar-refractivity contribution in [3.63, 3.8) is 0 Å². The summed E-state index contributed by atoms with van der Waals surface area (Å²) in [6.07, 6.45) is 0.150. The first-order chi connectivity index (χ1) is 12.3. The van der Waals surface area contributed by atoms with E-state index < -0.39 is 11.5 Å². The third-order valence-electron chi connectivity index (χ3n) is 4.34. The minimum Gasteiger partial charge on any atom is -0.375 e. The van der Waals surface area contributed by atoms with Crippen molar-refractivity contribution in [3.05, 3.63) is 64.2 Å². The highest BCUT2D eigenvalue weighted by atomic mass is 35.5. The van der Waals surface area contributed by atoms with Gasteiger partial charge in [0.2, 0.25) is 5.91 Å². The van der Waals surface area contributed by atoms with Gasteiger partial charge in [-0.1, -0.05) is 48.9 Å². The lowest BCUT2D eigenvalue weighted by Gasteiger charge is -2.26. The van der Waals surface area contributed by atoms with Crippen molar-refractivity contribution < 1.29 is 14.7 Å². The SMILES string of the molecule is CC[C@@](O)(C(=O)NCC(=O)Nc1c(C)cccc1C)c1cccc(Cl)c1. The predicted octanol–water partition coefficient (Wildman–Crippen LogP) is 3.31. The molecule has 0 fully saturated rings. The predicted molar refractivity (Wildman–Crippen MR) is 103 cm³/mol. The van der Waals surface area contributed by atoms with Crippen LogP contribution in [0.2, 0.25) is 5.02 Å². The Hall–Kier alpha value is -2.37. The maximum Gasteiger partial charge on any atom is 0.257 e. The number of amides is 2. The molecule has 0 spiro atoms. The van der Waals surface area contributed by atoms with Crippen molar-refractivity contribution in [2.75, 3.05) is 11.9 Å². The van der Waals surface area contributed by atoms with E-state index in [9.17, 15) is 14.7 Å². The third-order valence-corrected chi connectivity index (χ3v) is 4.58. The Labute approximate surface area is 158 Å². The first-order valence-electron chi connectivity index (χ1n) is 8.40.